The monoisotopic (exact) mass is 395 g/mol. The van der Waals surface area contributed by atoms with E-state index < -0.39 is 10.0 Å². The van der Waals surface area contributed by atoms with Gasteiger partial charge in [-0.25, -0.2) is 13.1 Å². The molecule has 0 aromatic heterocycles. The van der Waals surface area contributed by atoms with Crippen molar-refractivity contribution in [2.45, 2.75) is 30.6 Å². The second-order valence-electron chi connectivity index (χ2n) is 4.56. The molecule has 0 spiro atoms. The second kappa shape index (κ2) is 6.03. The van der Waals surface area contributed by atoms with Crippen LogP contribution in [0.2, 0.25) is 0 Å². The zero-order chi connectivity index (χ0) is 13.2. The van der Waals surface area contributed by atoms with Gasteiger partial charge >= 0.3 is 0 Å². The lowest BCUT2D eigenvalue weighted by Crippen LogP contribution is -2.27. The summed E-state index contributed by atoms with van der Waals surface area (Å²) in [5, 5.41) is 0. The maximum atomic E-state index is 12.1. The minimum Gasteiger partial charge on any atom is -0.211 e. The van der Waals surface area contributed by atoms with Crippen molar-refractivity contribution in [3.63, 3.8) is 0 Å². The molecule has 0 amide bonds. The van der Waals surface area contributed by atoms with Crippen LogP contribution in [0.25, 0.3) is 0 Å². The van der Waals surface area contributed by atoms with Crippen molar-refractivity contribution < 1.29 is 8.42 Å². The SMILES string of the molecule is O=S(=O)(NCCC1CCC1)c1ccc(Br)cc1Br. The summed E-state index contributed by atoms with van der Waals surface area (Å²) in [6, 6.07) is 5.06. The van der Waals surface area contributed by atoms with Gasteiger partial charge in [0.05, 0.1) is 4.90 Å². The van der Waals surface area contributed by atoms with Crippen LogP contribution in [0.1, 0.15) is 25.7 Å². The Morgan fingerprint density at radius 3 is 2.56 bits per heavy atom. The summed E-state index contributed by atoms with van der Waals surface area (Å²) in [4.78, 5) is 0.291. The van der Waals surface area contributed by atoms with E-state index in [0.717, 1.165) is 10.9 Å². The van der Waals surface area contributed by atoms with Gasteiger partial charge in [-0.3, -0.25) is 0 Å². The van der Waals surface area contributed by atoms with E-state index in [1.165, 1.54) is 19.3 Å². The highest BCUT2D eigenvalue weighted by molar-refractivity contribution is 9.11. The zero-order valence-corrected chi connectivity index (χ0v) is 13.8. The average molecular weight is 397 g/mol. The molecule has 1 aliphatic carbocycles. The van der Waals surface area contributed by atoms with Crippen LogP contribution in [0.4, 0.5) is 0 Å². The van der Waals surface area contributed by atoms with Crippen molar-refractivity contribution in [3.05, 3.63) is 27.1 Å². The standard InChI is InChI=1S/C12H15Br2NO2S/c13-10-4-5-12(11(14)8-10)18(16,17)15-7-6-9-2-1-3-9/h4-5,8-9,15H,1-3,6-7H2. The Hall–Kier alpha value is 0.0900. The second-order valence-corrected chi connectivity index (χ2v) is 8.06. The van der Waals surface area contributed by atoms with Crippen molar-refractivity contribution >= 4 is 41.9 Å². The van der Waals surface area contributed by atoms with E-state index in [1.807, 2.05) is 0 Å². The van der Waals surface area contributed by atoms with Crippen LogP contribution in [0.5, 0.6) is 0 Å². The molecule has 0 radical (unpaired) electrons. The molecule has 18 heavy (non-hydrogen) atoms. The molecule has 1 saturated carbocycles. The lowest BCUT2D eigenvalue weighted by molar-refractivity contribution is 0.297. The van der Waals surface area contributed by atoms with Crippen molar-refractivity contribution in [1.82, 2.24) is 4.72 Å². The molecule has 1 aromatic rings. The number of rotatable bonds is 5. The van der Waals surface area contributed by atoms with Crippen LogP contribution >= 0.6 is 31.9 Å². The van der Waals surface area contributed by atoms with Gasteiger partial charge < -0.3 is 0 Å². The fourth-order valence-electron chi connectivity index (χ4n) is 1.95. The quantitative estimate of drug-likeness (QED) is 0.824. The highest BCUT2D eigenvalue weighted by Gasteiger charge is 2.20. The van der Waals surface area contributed by atoms with E-state index in [2.05, 4.69) is 36.6 Å². The Morgan fingerprint density at radius 1 is 1.28 bits per heavy atom. The maximum Gasteiger partial charge on any atom is 0.241 e. The normalized spacial score (nSPS) is 16.6. The van der Waals surface area contributed by atoms with Gasteiger partial charge in [-0.2, -0.15) is 0 Å². The summed E-state index contributed by atoms with van der Waals surface area (Å²) < 4.78 is 28.3. The summed E-state index contributed by atoms with van der Waals surface area (Å²) >= 11 is 6.59. The average Bonchev–Trinajstić information content (AvgIpc) is 2.21. The van der Waals surface area contributed by atoms with Crippen molar-refractivity contribution in [2.75, 3.05) is 6.54 Å². The number of nitrogens with one attached hydrogen (secondary N) is 1. The Labute approximate surface area is 125 Å². The Morgan fingerprint density at radius 2 is 2.00 bits per heavy atom. The van der Waals surface area contributed by atoms with Crippen LogP contribution in [0.3, 0.4) is 0 Å². The summed E-state index contributed by atoms with van der Waals surface area (Å²) in [5.74, 6) is 0.709. The number of halogens is 2. The number of hydrogen-bond acceptors (Lipinski definition) is 2. The van der Waals surface area contributed by atoms with E-state index in [4.69, 9.17) is 0 Å². The summed E-state index contributed by atoms with van der Waals surface area (Å²) in [7, 11) is -3.41. The molecular formula is C12H15Br2NO2S. The predicted molar refractivity (Wildman–Crippen MR) is 79.0 cm³/mol. The van der Waals surface area contributed by atoms with Gasteiger partial charge in [-0.05, 0) is 46.5 Å². The van der Waals surface area contributed by atoms with Gasteiger partial charge in [0.2, 0.25) is 10.0 Å². The molecule has 2 rings (SSSR count). The number of benzene rings is 1. The van der Waals surface area contributed by atoms with Crippen LogP contribution in [-0.2, 0) is 10.0 Å². The van der Waals surface area contributed by atoms with E-state index in [9.17, 15) is 8.42 Å². The third kappa shape index (κ3) is 3.56. The molecule has 0 saturated heterocycles. The summed E-state index contributed by atoms with van der Waals surface area (Å²) in [6.45, 7) is 0.523. The largest absolute Gasteiger partial charge is 0.241 e. The fourth-order valence-corrected chi connectivity index (χ4v) is 4.74. The van der Waals surface area contributed by atoms with Gasteiger partial charge in [0, 0.05) is 15.5 Å². The van der Waals surface area contributed by atoms with Crippen molar-refractivity contribution in [3.8, 4) is 0 Å². The molecule has 0 unspecified atom stereocenters. The zero-order valence-electron chi connectivity index (χ0n) is 9.83. The molecule has 1 N–H and O–H groups in total. The molecule has 0 atom stereocenters. The van der Waals surface area contributed by atoms with Gasteiger partial charge in [-0.15, -0.1) is 0 Å². The Balaban J connectivity index is 2.00. The Bertz CT molecular complexity index is 527. The van der Waals surface area contributed by atoms with Gasteiger partial charge in [-0.1, -0.05) is 35.2 Å². The smallest absolute Gasteiger partial charge is 0.211 e. The molecular weight excluding hydrogens is 382 g/mol. The highest BCUT2D eigenvalue weighted by Crippen LogP contribution is 2.29. The molecule has 6 heteroatoms. The topological polar surface area (TPSA) is 46.2 Å². The van der Waals surface area contributed by atoms with Crippen molar-refractivity contribution in [1.29, 1.82) is 0 Å². The Kier molecular flexibility index (Phi) is 4.86. The minimum absolute atomic E-state index is 0.291. The lowest BCUT2D eigenvalue weighted by atomic mass is 9.83. The molecule has 3 nitrogen and oxygen atoms in total. The van der Waals surface area contributed by atoms with Crippen LogP contribution < -0.4 is 4.72 Å². The first-order valence-electron chi connectivity index (χ1n) is 5.94. The van der Waals surface area contributed by atoms with E-state index in [0.29, 0.717) is 21.8 Å². The van der Waals surface area contributed by atoms with E-state index in [1.54, 1.807) is 18.2 Å². The number of hydrogen-bond donors (Lipinski definition) is 1. The van der Waals surface area contributed by atoms with Gasteiger partial charge in [0.15, 0.2) is 0 Å². The summed E-state index contributed by atoms with van der Waals surface area (Å²) in [6.07, 6.45) is 4.70. The first-order chi connectivity index (χ1) is 8.49. The lowest BCUT2D eigenvalue weighted by Gasteiger charge is -2.25. The first kappa shape index (κ1) is 14.5. The molecule has 1 aromatic carbocycles. The van der Waals surface area contributed by atoms with Gasteiger partial charge in [0.1, 0.15) is 0 Å². The van der Waals surface area contributed by atoms with Crippen LogP contribution in [0.15, 0.2) is 32.0 Å². The van der Waals surface area contributed by atoms with Crippen molar-refractivity contribution in [2.24, 2.45) is 5.92 Å². The molecule has 0 bridgehead atoms. The molecule has 0 heterocycles. The third-order valence-electron chi connectivity index (χ3n) is 3.25. The highest BCUT2D eigenvalue weighted by atomic mass is 79.9. The van der Waals surface area contributed by atoms with E-state index in [-0.39, 0.29) is 0 Å². The molecule has 0 aliphatic heterocycles. The van der Waals surface area contributed by atoms with E-state index >= 15 is 0 Å². The number of sulfonamides is 1. The molecule has 100 valence electrons. The van der Waals surface area contributed by atoms with Crippen LogP contribution in [0, 0.1) is 5.92 Å². The van der Waals surface area contributed by atoms with Gasteiger partial charge in [0.25, 0.3) is 0 Å². The first-order valence-corrected chi connectivity index (χ1v) is 9.01. The third-order valence-corrected chi connectivity index (χ3v) is 6.18. The maximum absolute atomic E-state index is 12.1. The summed E-state index contributed by atoms with van der Waals surface area (Å²) in [5.41, 5.74) is 0. The molecule has 1 fully saturated rings. The minimum atomic E-state index is -3.41. The fraction of sp³-hybridized carbons (Fsp3) is 0.500. The molecule has 1 aliphatic rings. The van der Waals surface area contributed by atoms with Crippen LogP contribution in [-0.4, -0.2) is 15.0 Å². The predicted octanol–water partition coefficient (Wildman–Crippen LogP) is 3.68.